The van der Waals surface area contributed by atoms with Crippen molar-refractivity contribution in [1.82, 2.24) is 10.6 Å². The van der Waals surface area contributed by atoms with Gasteiger partial charge in [0.05, 0.1) is 20.1 Å². The van der Waals surface area contributed by atoms with E-state index in [1.807, 2.05) is 62.4 Å². The molecule has 0 bridgehead atoms. The lowest BCUT2D eigenvalue weighted by Crippen LogP contribution is -2.39. The van der Waals surface area contributed by atoms with Crippen LogP contribution in [-0.2, 0) is 17.8 Å². The van der Waals surface area contributed by atoms with Gasteiger partial charge in [-0.2, -0.15) is 0 Å². The van der Waals surface area contributed by atoms with Crippen LogP contribution in [0.25, 0.3) is 0 Å². The highest BCUT2D eigenvalue weighted by atomic mass is 16.5. The molecule has 0 saturated carbocycles. The van der Waals surface area contributed by atoms with Crippen molar-refractivity contribution in [2.75, 3.05) is 25.1 Å². The Labute approximate surface area is 160 Å². The van der Waals surface area contributed by atoms with Gasteiger partial charge in [0.25, 0.3) is 0 Å². The highest BCUT2D eigenvalue weighted by Crippen LogP contribution is 2.24. The molecule has 2 aromatic carbocycles. The van der Waals surface area contributed by atoms with E-state index in [1.54, 1.807) is 12.0 Å². The smallest absolute Gasteiger partial charge is 0.322 e. The second-order valence-electron chi connectivity index (χ2n) is 6.03. The first-order valence-electron chi connectivity index (χ1n) is 9.11. The number of hydrogen-bond acceptors (Lipinski definition) is 3. The average Bonchev–Trinajstić information content (AvgIpc) is 2.67. The summed E-state index contributed by atoms with van der Waals surface area (Å²) < 4.78 is 5.40. The number of hydrogen-bond donors (Lipinski definition) is 2. The molecule has 3 amide bonds. The van der Waals surface area contributed by atoms with E-state index in [-0.39, 0.29) is 11.9 Å². The Hall–Kier alpha value is -3.02. The fourth-order valence-electron chi connectivity index (χ4n) is 2.77. The van der Waals surface area contributed by atoms with Gasteiger partial charge in [0.2, 0.25) is 5.91 Å². The Kier molecular flexibility index (Phi) is 7.67. The van der Waals surface area contributed by atoms with Crippen LogP contribution in [-0.4, -0.2) is 32.1 Å². The molecule has 6 heteroatoms. The minimum atomic E-state index is -0.181. The van der Waals surface area contributed by atoms with Crippen molar-refractivity contribution in [3.05, 3.63) is 59.7 Å². The second kappa shape index (κ2) is 10.2. The molecule has 0 unspecified atom stereocenters. The summed E-state index contributed by atoms with van der Waals surface area (Å²) in [5.74, 6) is 0.722. The van der Waals surface area contributed by atoms with Crippen molar-refractivity contribution < 1.29 is 14.3 Å². The number of benzene rings is 2. The summed E-state index contributed by atoms with van der Waals surface area (Å²) in [6.07, 6.45) is 0.321. The van der Waals surface area contributed by atoms with Gasteiger partial charge in [0.15, 0.2) is 0 Å². The lowest BCUT2D eigenvalue weighted by Gasteiger charge is -2.24. The highest BCUT2D eigenvalue weighted by molar-refractivity contribution is 5.92. The van der Waals surface area contributed by atoms with E-state index in [9.17, 15) is 9.59 Å². The Morgan fingerprint density at radius 3 is 2.26 bits per heavy atom. The summed E-state index contributed by atoms with van der Waals surface area (Å²) in [4.78, 5) is 26.0. The monoisotopic (exact) mass is 369 g/mol. The zero-order valence-electron chi connectivity index (χ0n) is 16.1. The number of likely N-dealkylation sites (N-methyl/N-ethyl adjacent to an activating group) is 1. The van der Waals surface area contributed by atoms with E-state index in [1.165, 1.54) is 0 Å². The van der Waals surface area contributed by atoms with Crippen molar-refractivity contribution in [2.24, 2.45) is 0 Å². The van der Waals surface area contributed by atoms with Crippen molar-refractivity contribution in [3.8, 4) is 5.75 Å². The molecule has 0 radical (unpaired) electrons. The van der Waals surface area contributed by atoms with E-state index in [4.69, 9.17) is 4.74 Å². The quantitative estimate of drug-likeness (QED) is 0.751. The zero-order chi connectivity index (χ0) is 19.6. The molecule has 0 aromatic heterocycles. The molecule has 27 heavy (non-hydrogen) atoms. The maximum absolute atomic E-state index is 12.6. The van der Waals surface area contributed by atoms with Crippen molar-refractivity contribution in [1.29, 1.82) is 0 Å². The number of urea groups is 1. The Morgan fingerprint density at radius 1 is 0.963 bits per heavy atom. The number of nitrogens with one attached hydrogen (secondary N) is 2. The summed E-state index contributed by atoms with van der Waals surface area (Å²) in [6.45, 7) is 5.31. The maximum Gasteiger partial charge on any atom is 0.322 e. The first-order valence-corrected chi connectivity index (χ1v) is 9.11. The molecule has 0 spiro atoms. The Balaban J connectivity index is 2.23. The summed E-state index contributed by atoms with van der Waals surface area (Å²) in [7, 11) is 1.62. The fraction of sp³-hybridized carbons (Fsp3) is 0.333. The van der Waals surface area contributed by atoms with Crippen LogP contribution >= 0.6 is 0 Å². The van der Waals surface area contributed by atoms with Crippen LogP contribution in [0.2, 0.25) is 0 Å². The molecule has 0 saturated heterocycles. The van der Waals surface area contributed by atoms with E-state index >= 15 is 0 Å². The first kappa shape index (κ1) is 20.3. The molecular formula is C21H27N3O3. The van der Waals surface area contributed by atoms with Gasteiger partial charge < -0.3 is 15.4 Å². The molecule has 0 aliphatic heterocycles. The maximum atomic E-state index is 12.6. The van der Waals surface area contributed by atoms with Crippen LogP contribution in [0.4, 0.5) is 10.5 Å². The molecule has 0 aliphatic rings. The van der Waals surface area contributed by atoms with Crippen molar-refractivity contribution in [3.63, 3.8) is 0 Å². The van der Waals surface area contributed by atoms with Gasteiger partial charge in [0, 0.05) is 24.3 Å². The van der Waals surface area contributed by atoms with Crippen LogP contribution in [0.1, 0.15) is 25.0 Å². The molecule has 2 aromatic rings. The van der Waals surface area contributed by atoms with E-state index in [0.717, 1.165) is 22.6 Å². The third-order valence-electron chi connectivity index (χ3n) is 4.08. The summed E-state index contributed by atoms with van der Waals surface area (Å²) in [5, 5.41) is 5.63. The average molecular weight is 369 g/mol. The molecule has 0 heterocycles. The lowest BCUT2D eigenvalue weighted by atomic mass is 10.1. The van der Waals surface area contributed by atoms with Gasteiger partial charge in [-0.3, -0.25) is 9.69 Å². The van der Waals surface area contributed by atoms with Crippen molar-refractivity contribution in [2.45, 2.75) is 26.8 Å². The van der Waals surface area contributed by atoms with Crippen molar-refractivity contribution >= 4 is 17.6 Å². The van der Waals surface area contributed by atoms with Crippen LogP contribution in [0.3, 0.4) is 0 Å². The molecule has 2 rings (SSSR count). The van der Waals surface area contributed by atoms with Crippen LogP contribution in [0.15, 0.2) is 48.5 Å². The van der Waals surface area contributed by atoms with E-state index in [0.29, 0.717) is 26.1 Å². The summed E-state index contributed by atoms with van der Waals surface area (Å²) in [5.41, 5.74) is 2.57. The lowest BCUT2D eigenvalue weighted by molar-refractivity contribution is -0.120. The topological polar surface area (TPSA) is 70.7 Å². The largest absolute Gasteiger partial charge is 0.496 e. The predicted molar refractivity (Wildman–Crippen MR) is 107 cm³/mol. The summed E-state index contributed by atoms with van der Waals surface area (Å²) in [6, 6.07) is 14.9. The number of carbonyl (C=O) groups is 2. The Morgan fingerprint density at radius 2 is 1.63 bits per heavy atom. The highest BCUT2D eigenvalue weighted by Gasteiger charge is 2.17. The van der Waals surface area contributed by atoms with Crippen LogP contribution in [0, 0.1) is 0 Å². The molecular weight excluding hydrogens is 342 g/mol. The van der Waals surface area contributed by atoms with Gasteiger partial charge >= 0.3 is 6.03 Å². The number of carbonyl (C=O) groups excluding carboxylic acids is 2. The molecule has 144 valence electrons. The third kappa shape index (κ3) is 5.74. The fourth-order valence-corrected chi connectivity index (χ4v) is 2.77. The second-order valence-corrected chi connectivity index (χ2v) is 6.03. The molecule has 0 atom stereocenters. The molecule has 2 N–H and O–H groups in total. The first-order chi connectivity index (χ1) is 13.1. The van der Waals surface area contributed by atoms with E-state index in [2.05, 4.69) is 10.6 Å². The normalized spacial score (nSPS) is 10.2. The molecule has 0 aliphatic carbocycles. The van der Waals surface area contributed by atoms with Gasteiger partial charge in [0.1, 0.15) is 5.75 Å². The number of para-hydroxylation sites is 1. The number of nitrogens with zero attached hydrogens (tertiary/aromatic N) is 1. The zero-order valence-corrected chi connectivity index (χ0v) is 16.1. The van der Waals surface area contributed by atoms with Crippen LogP contribution in [0.5, 0.6) is 5.75 Å². The number of anilines is 1. The van der Waals surface area contributed by atoms with E-state index < -0.39 is 0 Å². The van der Waals surface area contributed by atoms with Gasteiger partial charge in [-0.1, -0.05) is 30.3 Å². The predicted octanol–water partition coefficient (Wildman–Crippen LogP) is 3.11. The number of rotatable bonds is 8. The van der Waals surface area contributed by atoms with Gasteiger partial charge in [-0.05, 0) is 37.6 Å². The number of methoxy groups -OCH3 is 1. The van der Waals surface area contributed by atoms with Gasteiger partial charge in [-0.25, -0.2) is 4.79 Å². The third-order valence-corrected chi connectivity index (χ3v) is 4.08. The minimum absolute atomic E-state index is 0.0140. The molecule has 6 nitrogen and oxygen atoms in total. The summed E-state index contributed by atoms with van der Waals surface area (Å²) >= 11 is 0. The minimum Gasteiger partial charge on any atom is -0.496 e. The molecule has 0 fully saturated rings. The van der Waals surface area contributed by atoms with Crippen LogP contribution < -0.4 is 20.3 Å². The number of amides is 3. The number of ether oxygens (including phenoxy) is 1. The Bertz CT molecular complexity index is 760. The standard InChI is InChI=1S/C21H27N3O3/c1-4-22-20(25)14-16-10-12-18(13-11-16)24(21(26)23-5-2)15-17-8-6-7-9-19(17)27-3/h6-13H,4-5,14-15H2,1-3H3,(H,22,25)(H,23,26). The van der Waals surface area contributed by atoms with Gasteiger partial charge in [-0.15, -0.1) is 0 Å². The SMILES string of the molecule is CCNC(=O)Cc1ccc(N(Cc2ccccc2OC)C(=O)NCC)cc1.